The second kappa shape index (κ2) is 10.2. The molecule has 28 heavy (non-hydrogen) atoms. The van der Waals surface area contributed by atoms with Crippen LogP contribution in [0, 0.1) is 0 Å². The quantitative estimate of drug-likeness (QED) is 0.274. The molecule has 0 fully saturated rings. The lowest BCUT2D eigenvalue weighted by atomic mass is 10.1. The van der Waals surface area contributed by atoms with Crippen LogP contribution in [-0.4, -0.2) is 16.5 Å². The predicted octanol–water partition coefficient (Wildman–Crippen LogP) is 5.73. The summed E-state index contributed by atoms with van der Waals surface area (Å²) in [7, 11) is 0. The highest BCUT2D eigenvalue weighted by atomic mass is 16.1. The van der Waals surface area contributed by atoms with E-state index >= 15 is 0 Å². The molecule has 0 atom stereocenters. The van der Waals surface area contributed by atoms with Crippen molar-refractivity contribution in [2.45, 2.75) is 32.9 Å². The van der Waals surface area contributed by atoms with Crippen LogP contribution in [0.2, 0.25) is 0 Å². The third-order valence-electron chi connectivity index (χ3n) is 4.54. The van der Waals surface area contributed by atoms with Crippen molar-refractivity contribution in [3.8, 4) is 0 Å². The Labute approximate surface area is 167 Å². The summed E-state index contributed by atoms with van der Waals surface area (Å²) in [6.45, 7) is 3.47. The van der Waals surface area contributed by atoms with Gasteiger partial charge in [-0.1, -0.05) is 91.0 Å². The van der Waals surface area contributed by atoms with E-state index in [0.29, 0.717) is 12.8 Å². The van der Waals surface area contributed by atoms with E-state index in [1.165, 1.54) is 11.1 Å². The Morgan fingerprint density at radius 3 is 1.68 bits per heavy atom. The molecule has 0 saturated carbocycles. The van der Waals surface area contributed by atoms with Crippen molar-refractivity contribution in [3.05, 3.63) is 108 Å². The molecule has 0 aliphatic rings. The summed E-state index contributed by atoms with van der Waals surface area (Å²) in [5.74, 6) is 0.160. The average molecular weight is 370 g/mol. The van der Waals surface area contributed by atoms with E-state index in [0.717, 1.165) is 24.4 Å². The van der Waals surface area contributed by atoms with E-state index in [2.05, 4.69) is 29.3 Å². The molecule has 0 aliphatic heterocycles. The summed E-state index contributed by atoms with van der Waals surface area (Å²) in [6.07, 6.45) is 1.14. The predicted molar refractivity (Wildman–Crippen MR) is 115 cm³/mol. The highest BCUT2D eigenvalue weighted by Crippen LogP contribution is 2.12. The molecule has 0 aliphatic carbocycles. The van der Waals surface area contributed by atoms with Crippen molar-refractivity contribution in [1.29, 1.82) is 0 Å². The molecule has 3 heteroatoms. The van der Waals surface area contributed by atoms with E-state index in [9.17, 15) is 4.79 Å². The number of hydrogen-bond donors (Lipinski definition) is 0. The molecule has 0 aromatic heterocycles. The van der Waals surface area contributed by atoms with E-state index < -0.39 is 0 Å². The largest absolute Gasteiger partial charge is 0.294 e. The van der Waals surface area contributed by atoms with Crippen LogP contribution in [0.15, 0.2) is 96.1 Å². The maximum Gasteiger partial charge on any atom is 0.163 e. The number of carbonyl (C=O) groups excluding carboxylic acids is 1. The minimum atomic E-state index is 0.160. The number of benzene rings is 3. The Hall–Kier alpha value is -3.20. The maximum atomic E-state index is 12.3. The molecule has 0 heterocycles. The fourth-order valence-corrected chi connectivity index (χ4v) is 3.07. The van der Waals surface area contributed by atoms with Crippen LogP contribution in [0.4, 0.5) is 0 Å². The van der Waals surface area contributed by atoms with Crippen molar-refractivity contribution in [2.24, 2.45) is 5.10 Å². The van der Waals surface area contributed by atoms with Gasteiger partial charge in [0.25, 0.3) is 0 Å². The zero-order valence-electron chi connectivity index (χ0n) is 16.3. The highest BCUT2D eigenvalue weighted by Gasteiger charge is 2.08. The Balaban J connectivity index is 1.66. The second-order valence-corrected chi connectivity index (χ2v) is 6.92. The molecule has 0 saturated heterocycles. The number of hydrogen-bond acceptors (Lipinski definition) is 3. The number of ketones is 1. The van der Waals surface area contributed by atoms with Crippen LogP contribution >= 0.6 is 0 Å². The van der Waals surface area contributed by atoms with Gasteiger partial charge in [0.1, 0.15) is 0 Å². The van der Waals surface area contributed by atoms with Gasteiger partial charge >= 0.3 is 0 Å². The van der Waals surface area contributed by atoms with Crippen molar-refractivity contribution in [1.82, 2.24) is 5.01 Å². The fourth-order valence-electron chi connectivity index (χ4n) is 3.07. The fraction of sp³-hybridized carbons (Fsp3) is 0.200. The first-order valence-corrected chi connectivity index (χ1v) is 9.66. The Bertz CT molecular complexity index is 848. The Morgan fingerprint density at radius 1 is 0.714 bits per heavy atom. The molecule has 0 amide bonds. The number of carbonyl (C=O) groups is 1. The van der Waals surface area contributed by atoms with E-state index in [4.69, 9.17) is 5.10 Å². The molecule has 0 radical (unpaired) electrons. The summed E-state index contributed by atoms with van der Waals surface area (Å²) in [6, 6.07) is 30.1. The van der Waals surface area contributed by atoms with Gasteiger partial charge in [0.2, 0.25) is 0 Å². The van der Waals surface area contributed by atoms with Gasteiger partial charge < -0.3 is 0 Å². The van der Waals surface area contributed by atoms with Gasteiger partial charge in [0.15, 0.2) is 5.78 Å². The molecule has 0 N–H and O–H groups in total. The first-order valence-electron chi connectivity index (χ1n) is 9.66. The monoisotopic (exact) mass is 370 g/mol. The summed E-state index contributed by atoms with van der Waals surface area (Å²) in [5, 5.41) is 6.91. The first kappa shape index (κ1) is 19.6. The molecule has 3 aromatic rings. The van der Waals surface area contributed by atoms with Gasteiger partial charge in [-0.2, -0.15) is 5.10 Å². The van der Waals surface area contributed by atoms with E-state index in [1.54, 1.807) is 0 Å². The van der Waals surface area contributed by atoms with Crippen molar-refractivity contribution in [2.75, 3.05) is 0 Å². The third kappa shape index (κ3) is 6.20. The van der Waals surface area contributed by atoms with Crippen LogP contribution in [0.5, 0.6) is 0 Å². The summed E-state index contributed by atoms with van der Waals surface area (Å²) in [5.41, 5.74) is 4.17. The lowest BCUT2D eigenvalue weighted by Crippen LogP contribution is -2.19. The van der Waals surface area contributed by atoms with E-state index in [-0.39, 0.29) is 5.78 Å². The smallest absolute Gasteiger partial charge is 0.163 e. The molecule has 142 valence electrons. The van der Waals surface area contributed by atoms with Crippen LogP contribution in [0.1, 0.15) is 41.3 Å². The highest BCUT2D eigenvalue weighted by molar-refractivity contribution is 5.98. The zero-order chi connectivity index (χ0) is 19.6. The standard InChI is InChI=1S/C25H26N2O/c1-21(17-18-25(28)24-15-9-4-10-16-24)26-27(19-22-11-5-2-6-12-22)20-23-13-7-3-8-14-23/h2-16H,17-20H2,1H3/b26-21+. The molecule has 0 spiro atoms. The molecule has 0 unspecified atom stereocenters. The molecule has 0 bridgehead atoms. The van der Waals surface area contributed by atoms with Gasteiger partial charge in [-0.05, 0) is 24.5 Å². The van der Waals surface area contributed by atoms with Crippen LogP contribution in [0.25, 0.3) is 0 Å². The lowest BCUT2D eigenvalue weighted by molar-refractivity contribution is 0.0984. The molecule has 3 aromatic carbocycles. The minimum Gasteiger partial charge on any atom is -0.294 e. The van der Waals surface area contributed by atoms with Crippen LogP contribution in [0.3, 0.4) is 0 Å². The topological polar surface area (TPSA) is 32.7 Å². The summed E-state index contributed by atoms with van der Waals surface area (Å²) in [4.78, 5) is 12.3. The molecule has 3 rings (SSSR count). The van der Waals surface area contributed by atoms with Crippen molar-refractivity contribution < 1.29 is 4.79 Å². The SMILES string of the molecule is C/C(CCC(=O)c1ccccc1)=N\N(Cc1ccccc1)Cc1ccccc1. The van der Waals surface area contributed by atoms with Gasteiger partial charge in [0.05, 0.1) is 13.1 Å². The van der Waals surface area contributed by atoms with Gasteiger partial charge in [-0.3, -0.25) is 9.80 Å². The second-order valence-electron chi connectivity index (χ2n) is 6.92. The maximum absolute atomic E-state index is 12.3. The molecular formula is C25H26N2O. The zero-order valence-corrected chi connectivity index (χ0v) is 16.3. The van der Waals surface area contributed by atoms with Gasteiger partial charge in [-0.15, -0.1) is 0 Å². The van der Waals surface area contributed by atoms with Crippen molar-refractivity contribution in [3.63, 3.8) is 0 Å². The summed E-state index contributed by atoms with van der Waals surface area (Å²) < 4.78 is 0. The Kier molecular flexibility index (Phi) is 7.14. The number of rotatable bonds is 9. The van der Waals surface area contributed by atoms with Gasteiger partial charge in [0, 0.05) is 17.7 Å². The number of Topliss-reactive ketones (excluding diaryl/α,β-unsaturated/α-hetero) is 1. The third-order valence-corrected chi connectivity index (χ3v) is 4.54. The van der Waals surface area contributed by atoms with Crippen LogP contribution in [-0.2, 0) is 13.1 Å². The molecule has 3 nitrogen and oxygen atoms in total. The number of nitrogens with zero attached hydrogens (tertiary/aromatic N) is 2. The van der Waals surface area contributed by atoms with Crippen LogP contribution < -0.4 is 0 Å². The first-order chi connectivity index (χ1) is 13.7. The molecular weight excluding hydrogens is 344 g/mol. The number of hydrazone groups is 1. The minimum absolute atomic E-state index is 0.160. The summed E-state index contributed by atoms with van der Waals surface area (Å²) >= 11 is 0. The average Bonchev–Trinajstić information content (AvgIpc) is 2.74. The normalized spacial score (nSPS) is 11.2. The van der Waals surface area contributed by atoms with E-state index in [1.807, 2.05) is 73.7 Å². The van der Waals surface area contributed by atoms with Crippen molar-refractivity contribution >= 4 is 11.5 Å². The lowest BCUT2D eigenvalue weighted by Gasteiger charge is -2.21. The van der Waals surface area contributed by atoms with Gasteiger partial charge in [-0.25, -0.2) is 0 Å². The Morgan fingerprint density at radius 2 is 1.18 bits per heavy atom.